The van der Waals surface area contributed by atoms with Gasteiger partial charge in [-0.2, -0.15) is 0 Å². The van der Waals surface area contributed by atoms with Crippen LogP contribution in [0.1, 0.15) is 41.8 Å². The number of nitrogens with zero attached hydrogens (tertiary/aromatic N) is 2. The van der Waals surface area contributed by atoms with E-state index in [0.717, 1.165) is 31.2 Å². The molecule has 5 nitrogen and oxygen atoms in total. The highest BCUT2D eigenvalue weighted by Gasteiger charge is 2.45. The lowest BCUT2D eigenvalue weighted by Gasteiger charge is -2.38. The highest BCUT2D eigenvalue weighted by molar-refractivity contribution is 6.33. The first kappa shape index (κ1) is 16.6. The van der Waals surface area contributed by atoms with Crippen molar-refractivity contribution in [1.82, 2.24) is 10.1 Å². The number of piperidine rings is 1. The first-order valence-electron chi connectivity index (χ1n) is 8.66. The monoisotopic (exact) mass is 360 g/mol. The van der Waals surface area contributed by atoms with Crippen molar-refractivity contribution in [3.63, 3.8) is 0 Å². The van der Waals surface area contributed by atoms with Gasteiger partial charge in [-0.05, 0) is 38.7 Å². The van der Waals surface area contributed by atoms with Crippen LogP contribution in [0.4, 0.5) is 0 Å². The van der Waals surface area contributed by atoms with Crippen molar-refractivity contribution in [2.45, 2.75) is 50.8 Å². The molecule has 0 radical (unpaired) electrons. The predicted molar refractivity (Wildman–Crippen MR) is 94.7 cm³/mol. The predicted octanol–water partition coefficient (Wildman–Crippen LogP) is 4.09. The summed E-state index contributed by atoms with van der Waals surface area (Å²) >= 11 is 6.31. The Balaban J connectivity index is 1.71. The average molecular weight is 361 g/mol. The van der Waals surface area contributed by atoms with E-state index in [1.54, 1.807) is 20.1 Å². The van der Waals surface area contributed by atoms with Gasteiger partial charge in [-0.1, -0.05) is 35.0 Å². The van der Waals surface area contributed by atoms with Gasteiger partial charge in [0.25, 0.3) is 5.91 Å². The summed E-state index contributed by atoms with van der Waals surface area (Å²) < 4.78 is 10.9. The van der Waals surface area contributed by atoms with Crippen molar-refractivity contribution in [2.24, 2.45) is 0 Å². The lowest BCUT2D eigenvalue weighted by molar-refractivity contribution is 0.00819. The number of rotatable bonds is 3. The lowest BCUT2D eigenvalue weighted by atomic mass is 9.97. The van der Waals surface area contributed by atoms with Gasteiger partial charge in [0.05, 0.1) is 11.1 Å². The first-order chi connectivity index (χ1) is 12.1. The van der Waals surface area contributed by atoms with Crippen molar-refractivity contribution in [3.05, 3.63) is 40.6 Å². The summed E-state index contributed by atoms with van der Waals surface area (Å²) in [7, 11) is 1.75. The smallest absolute Gasteiger partial charge is 0.260 e. The number of benzene rings is 1. The summed E-state index contributed by atoms with van der Waals surface area (Å²) in [5.41, 5.74) is 1.78. The van der Waals surface area contributed by atoms with Gasteiger partial charge in [0, 0.05) is 24.8 Å². The maximum absolute atomic E-state index is 13.4. The Morgan fingerprint density at radius 1 is 1.28 bits per heavy atom. The Kier molecular flexibility index (Phi) is 4.29. The number of aromatic nitrogens is 1. The molecule has 2 fully saturated rings. The molecule has 6 heteroatoms. The number of ether oxygens (including phenoxy) is 1. The van der Waals surface area contributed by atoms with Crippen LogP contribution in [-0.2, 0) is 4.74 Å². The third-order valence-corrected chi connectivity index (χ3v) is 5.79. The van der Waals surface area contributed by atoms with Crippen LogP contribution in [-0.4, -0.2) is 41.3 Å². The maximum Gasteiger partial charge on any atom is 0.260 e. The molecule has 25 heavy (non-hydrogen) atoms. The molecule has 0 aliphatic carbocycles. The fourth-order valence-electron chi connectivity index (χ4n) is 4.24. The van der Waals surface area contributed by atoms with Crippen molar-refractivity contribution < 1.29 is 14.1 Å². The van der Waals surface area contributed by atoms with Gasteiger partial charge in [-0.15, -0.1) is 0 Å². The van der Waals surface area contributed by atoms with Gasteiger partial charge >= 0.3 is 0 Å². The zero-order chi connectivity index (χ0) is 17.6. The van der Waals surface area contributed by atoms with Crippen LogP contribution in [0, 0.1) is 6.92 Å². The molecular formula is C19H21ClN2O3. The highest BCUT2D eigenvalue weighted by atomic mass is 35.5. The van der Waals surface area contributed by atoms with E-state index in [1.807, 2.05) is 23.1 Å². The second kappa shape index (κ2) is 6.46. The standard InChI is InChI=1S/C19H21ClN2O3/c1-11-17(18(21-25-11)15-5-3-4-6-16(15)20)19(23)22-12-7-8-13(22)10-14(9-12)24-2/h3-6,12-14H,7-10H2,1-2H3. The number of methoxy groups -OCH3 is 1. The molecule has 2 bridgehead atoms. The minimum atomic E-state index is -0.00396. The Morgan fingerprint density at radius 2 is 1.96 bits per heavy atom. The maximum atomic E-state index is 13.4. The highest BCUT2D eigenvalue weighted by Crippen LogP contribution is 2.40. The Labute approximate surface area is 151 Å². The second-order valence-electron chi connectivity index (χ2n) is 6.87. The average Bonchev–Trinajstić information content (AvgIpc) is 3.12. The van der Waals surface area contributed by atoms with Crippen LogP contribution in [0.5, 0.6) is 0 Å². The van der Waals surface area contributed by atoms with Crippen LogP contribution in [0.2, 0.25) is 5.02 Å². The quantitative estimate of drug-likeness (QED) is 0.827. The van der Waals surface area contributed by atoms with E-state index in [-0.39, 0.29) is 24.1 Å². The molecule has 3 heterocycles. The van der Waals surface area contributed by atoms with Gasteiger partial charge < -0.3 is 14.2 Å². The Bertz CT molecular complexity index is 790. The summed E-state index contributed by atoms with van der Waals surface area (Å²) in [6.07, 6.45) is 4.09. The van der Waals surface area contributed by atoms with E-state index in [1.165, 1.54) is 0 Å². The van der Waals surface area contributed by atoms with Gasteiger partial charge in [0.15, 0.2) is 0 Å². The summed E-state index contributed by atoms with van der Waals surface area (Å²) in [5, 5.41) is 4.69. The van der Waals surface area contributed by atoms with Crippen molar-refractivity contribution >= 4 is 17.5 Å². The molecule has 2 saturated heterocycles. The zero-order valence-corrected chi connectivity index (χ0v) is 15.1. The molecule has 2 unspecified atom stereocenters. The van der Waals surface area contributed by atoms with Crippen LogP contribution in [0.3, 0.4) is 0 Å². The van der Waals surface area contributed by atoms with Gasteiger partial charge in [-0.25, -0.2) is 0 Å². The number of hydrogen-bond acceptors (Lipinski definition) is 4. The van der Waals surface area contributed by atoms with E-state index >= 15 is 0 Å². The van der Waals surface area contributed by atoms with E-state index in [4.69, 9.17) is 20.9 Å². The largest absolute Gasteiger partial charge is 0.381 e. The molecule has 2 aromatic rings. The second-order valence-corrected chi connectivity index (χ2v) is 7.28. The lowest BCUT2D eigenvalue weighted by Crippen LogP contribution is -2.48. The fourth-order valence-corrected chi connectivity index (χ4v) is 4.47. The first-order valence-corrected chi connectivity index (χ1v) is 9.04. The molecule has 0 N–H and O–H groups in total. The van der Waals surface area contributed by atoms with Crippen molar-refractivity contribution in [1.29, 1.82) is 0 Å². The third kappa shape index (κ3) is 2.75. The molecule has 2 atom stereocenters. The summed E-state index contributed by atoms with van der Waals surface area (Å²) in [4.78, 5) is 15.4. The van der Waals surface area contributed by atoms with E-state index in [9.17, 15) is 4.79 Å². The minimum Gasteiger partial charge on any atom is -0.381 e. The summed E-state index contributed by atoms with van der Waals surface area (Å²) in [6, 6.07) is 7.85. The number of carbonyl (C=O) groups excluding carboxylic acids is 1. The number of hydrogen-bond donors (Lipinski definition) is 0. The Morgan fingerprint density at radius 3 is 2.60 bits per heavy atom. The fraction of sp³-hybridized carbons (Fsp3) is 0.474. The molecule has 132 valence electrons. The molecule has 1 aromatic carbocycles. The topological polar surface area (TPSA) is 55.6 Å². The molecular weight excluding hydrogens is 340 g/mol. The molecule has 0 saturated carbocycles. The van der Waals surface area contributed by atoms with Crippen molar-refractivity contribution in [3.8, 4) is 11.3 Å². The van der Waals surface area contributed by atoms with Crippen LogP contribution in [0.15, 0.2) is 28.8 Å². The van der Waals surface area contributed by atoms with Crippen LogP contribution >= 0.6 is 11.6 Å². The number of fused-ring (bicyclic) bond motifs is 2. The van der Waals surface area contributed by atoms with Gasteiger partial charge in [0.1, 0.15) is 17.0 Å². The van der Waals surface area contributed by atoms with Crippen LogP contribution in [0.25, 0.3) is 11.3 Å². The number of aryl methyl sites for hydroxylation is 1. The molecule has 1 aromatic heterocycles. The normalized spacial score (nSPS) is 25.4. The van der Waals surface area contributed by atoms with E-state index in [0.29, 0.717) is 22.0 Å². The molecule has 4 rings (SSSR count). The van der Waals surface area contributed by atoms with E-state index < -0.39 is 0 Å². The SMILES string of the molecule is COC1CC2CCC(C1)N2C(=O)c1c(-c2ccccc2Cl)noc1C. The number of carbonyl (C=O) groups is 1. The van der Waals surface area contributed by atoms with Crippen molar-refractivity contribution in [2.75, 3.05) is 7.11 Å². The molecule has 2 aliphatic rings. The molecule has 0 spiro atoms. The van der Waals surface area contributed by atoms with E-state index in [2.05, 4.69) is 5.16 Å². The zero-order valence-electron chi connectivity index (χ0n) is 14.4. The summed E-state index contributed by atoms with van der Waals surface area (Å²) in [5.74, 6) is 0.531. The number of amides is 1. The molecule has 1 amide bonds. The number of halogens is 1. The van der Waals surface area contributed by atoms with Gasteiger partial charge in [0.2, 0.25) is 0 Å². The van der Waals surface area contributed by atoms with Crippen LogP contribution < -0.4 is 0 Å². The third-order valence-electron chi connectivity index (χ3n) is 5.46. The minimum absolute atomic E-state index is 0.00396. The summed E-state index contributed by atoms with van der Waals surface area (Å²) in [6.45, 7) is 1.78. The molecule has 2 aliphatic heterocycles. The van der Waals surface area contributed by atoms with Gasteiger partial charge in [-0.3, -0.25) is 4.79 Å². The Hall–Kier alpha value is -1.85.